The Morgan fingerprint density at radius 2 is 2.10 bits per heavy atom. The highest BCUT2D eigenvalue weighted by Gasteiger charge is 2.13. The molecule has 0 bridgehead atoms. The van der Waals surface area contributed by atoms with Crippen molar-refractivity contribution < 1.29 is 19.1 Å². The Balaban J connectivity index is 2.42. The Labute approximate surface area is 115 Å². The van der Waals surface area contributed by atoms with Crippen molar-refractivity contribution in [1.29, 1.82) is 0 Å². The number of phenols is 1. The van der Waals surface area contributed by atoms with Gasteiger partial charge in [-0.1, -0.05) is 0 Å². The number of rotatable bonds is 3. The Kier molecular flexibility index (Phi) is 3.79. The fraction of sp³-hybridized carbons (Fsp3) is 0.333. The minimum absolute atomic E-state index is 0.0448. The lowest BCUT2D eigenvalue weighted by Gasteiger charge is -2.11. The Morgan fingerprint density at radius 1 is 1.40 bits per heavy atom. The predicted octanol–water partition coefficient (Wildman–Crippen LogP) is 2.30. The highest BCUT2D eigenvalue weighted by Crippen LogP contribution is 2.23. The number of aryl methyl sites for hydroxylation is 1. The molecule has 5 heteroatoms. The molecule has 1 unspecified atom stereocenters. The van der Waals surface area contributed by atoms with Gasteiger partial charge >= 0.3 is 5.97 Å². The van der Waals surface area contributed by atoms with Crippen LogP contribution in [0.3, 0.4) is 0 Å². The summed E-state index contributed by atoms with van der Waals surface area (Å²) in [5, 5.41) is 10.0. The Hall–Kier alpha value is -2.30. The molecular weight excluding hydrogens is 260 g/mol. The largest absolute Gasteiger partial charge is 0.508 e. The van der Waals surface area contributed by atoms with Crippen LogP contribution in [0.1, 0.15) is 25.2 Å². The van der Waals surface area contributed by atoms with E-state index in [1.54, 1.807) is 13.8 Å². The number of esters is 1. The van der Waals surface area contributed by atoms with Gasteiger partial charge in [0.05, 0.1) is 5.39 Å². The van der Waals surface area contributed by atoms with Crippen molar-refractivity contribution in [3.63, 3.8) is 0 Å². The zero-order chi connectivity index (χ0) is 14.9. The number of benzene rings is 1. The minimum Gasteiger partial charge on any atom is -0.508 e. The fourth-order valence-electron chi connectivity index (χ4n) is 2.23. The lowest BCUT2D eigenvalue weighted by Crippen LogP contribution is -2.16. The van der Waals surface area contributed by atoms with Gasteiger partial charge in [0.1, 0.15) is 23.2 Å². The molecule has 20 heavy (non-hydrogen) atoms. The zero-order valence-corrected chi connectivity index (χ0v) is 11.6. The van der Waals surface area contributed by atoms with E-state index in [0.717, 1.165) is 0 Å². The smallest absolute Gasteiger partial charge is 0.302 e. The fourth-order valence-corrected chi connectivity index (χ4v) is 2.23. The number of hydrogen-bond donors (Lipinski definition) is 1. The SMILES string of the molecule is CC(=O)OC(C)Cc1cc(=O)c2c(C)cc(O)cc2o1. The van der Waals surface area contributed by atoms with E-state index in [1.807, 2.05) is 0 Å². The predicted molar refractivity (Wildman–Crippen MR) is 73.8 cm³/mol. The molecule has 2 rings (SSSR count). The Bertz CT molecular complexity index is 714. The Morgan fingerprint density at radius 3 is 2.75 bits per heavy atom. The van der Waals surface area contributed by atoms with Gasteiger partial charge in [-0.2, -0.15) is 0 Å². The lowest BCUT2D eigenvalue weighted by atomic mass is 10.1. The van der Waals surface area contributed by atoms with E-state index in [0.29, 0.717) is 28.7 Å². The summed E-state index contributed by atoms with van der Waals surface area (Å²) in [4.78, 5) is 23.0. The van der Waals surface area contributed by atoms with E-state index in [1.165, 1.54) is 25.1 Å². The van der Waals surface area contributed by atoms with Gasteiger partial charge in [0.25, 0.3) is 0 Å². The van der Waals surface area contributed by atoms with E-state index in [9.17, 15) is 14.7 Å². The van der Waals surface area contributed by atoms with Crippen LogP contribution >= 0.6 is 0 Å². The van der Waals surface area contributed by atoms with Gasteiger partial charge in [0.15, 0.2) is 5.43 Å². The second-order valence-electron chi connectivity index (χ2n) is 4.84. The standard InChI is InChI=1S/C15H16O5/c1-8-4-11(17)6-14-15(8)13(18)7-12(20-14)5-9(2)19-10(3)16/h4,6-7,9,17H,5H2,1-3H3. The zero-order valence-electron chi connectivity index (χ0n) is 11.6. The molecular formula is C15H16O5. The summed E-state index contributed by atoms with van der Waals surface area (Å²) in [5.74, 6) is 0.0821. The maximum Gasteiger partial charge on any atom is 0.302 e. The summed E-state index contributed by atoms with van der Waals surface area (Å²) in [7, 11) is 0. The summed E-state index contributed by atoms with van der Waals surface area (Å²) < 4.78 is 10.6. The molecule has 1 atom stereocenters. The molecule has 1 aromatic heterocycles. The third kappa shape index (κ3) is 2.99. The van der Waals surface area contributed by atoms with Crippen LogP contribution in [0, 0.1) is 6.92 Å². The summed E-state index contributed by atoms with van der Waals surface area (Å²) in [5.41, 5.74) is 0.821. The molecule has 1 N–H and O–H groups in total. The summed E-state index contributed by atoms with van der Waals surface area (Å²) >= 11 is 0. The average Bonchev–Trinajstić information content (AvgIpc) is 2.25. The molecule has 0 aliphatic heterocycles. The molecule has 0 radical (unpaired) electrons. The van der Waals surface area contributed by atoms with Crippen molar-refractivity contribution in [2.75, 3.05) is 0 Å². The third-order valence-corrected chi connectivity index (χ3v) is 2.92. The molecule has 0 aliphatic carbocycles. The van der Waals surface area contributed by atoms with Crippen LogP contribution in [0.4, 0.5) is 0 Å². The van der Waals surface area contributed by atoms with Crippen molar-refractivity contribution in [2.45, 2.75) is 33.3 Å². The molecule has 0 amide bonds. The molecule has 0 spiro atoms. The maximum absolute atomic E-state index is 12.1. The highest BCUT2D eigenvalue weighted by molar-refractivity contribution is 5.81. The molecule has 1 heterocycles. The molecule has 106 valence electrons. The van der Waals surface area contributed by atoms with Crippen LogP contribution in [0.25, 0.3) is 11.0 Å². The second-order valence-corrected chi connectivity index (χ2v) is 4.84. The topological polar surface area (TPSA) is 76.7 Å². The van der Waals surface area contributed by atoms with Crippen LogP contribution < -0.4 is 5.43 Å². The van der Waals surface area contributed by atoms with Crippen molar-refractivity contribution in [3.05, 3.63) is 39.7 Å². The van der Waals surface area contributed by atoms with Gasteiger partial charge in [0, 0.05) is 25.5 Å². The van der Waals surface area contributed by atoms with E-state index in [2.05, 4.69) is 0 Å². The number of ether oxygens (including phenoxy) is 1. The number of aromatic hydroxyl groups is 1. The maximum atomic E-state index is 12.1. The van der Waals surface area contributed by atoms with E-state index >= 15 is 0 Å². The second kappa shape index (κ2) is 5.36. The molecule has 1 aromatic carbocycles. The van der Waals surface area contributed by atoms with Crippen molar-refractivity contribution >= 4 is 16.9 Å². The van der Waals surface area contributed by atoms with Gasteiger partial charge < -0.3 is 14.3 Å². The first-order valence-corrected chi connectivity index (χ1v) is 6.30. The van der Waals surface area contributed by atoms with Crippen molar-refractivity contribution in [1.82, 2.24) is 0 Å². The van der Waals surface area contributed by atoms with Gasteiger partial charge in [-0.25, -0.2) is 0 Å². The van der Waals surface area contributed by atoms with Crippen molar-refractivity contribution in [3.8, 4) is 5.75 Å². The van der Waals surface area contributed by atoms with E-state index < -0.39 is 0 Å². The quantitative estimate of drug-likeness (QED) is 0.870. The third-order valence-electron chi connectivity index (χ3n) is 2.92. The first kappa shape index (κ1) is 14.1. The highest BCUT2D eigenvalue weighted by atomic mass is 16.5. The van der Waals surface area contributed by atoms with Crippen LogP contribution in [0.5, 0.6) is 5.75 Å². The summed E-state index contributed by atoms with van der Waals surface area (Å²) in [6, 6.07) is 4.32. The van der Waals surface area contributed by atoms with E-state index in [4.69, 9.17) is 9.15 Å². The van der Waals surface area contributed by atoms with Crippen LogP contribution in [-0.4, -0.2) is 17.2 Å². The molecule has 0 saturated carbocycles. The molecule has 0 saturated heterocycles. The average molecular weight is 276 g/mol. The van der Waals surface area contributed by atoms with E-state index in [-0.39, 0.29) is 23.3 Å². The normalized spacial score (nSPS) is 12.3. The van der Waals surface area contributed by atoms with Crippen LogP contribution in [0.2, 0.25) is 0 Å². The van der Waals surface area contributed by atoms with Gasteiger partial charge in [0.2, 0.25) is 0 Å². The molecule has 5 nitrogen and oxygen atoms in total. The number of carbonyl (C=O) groups excluding carboxylic acids is 1. The van der Waals surface area contributed by atoms with Crippen LogP contribution in [0.15, 0.2) is 27.4 Å². The minimum atomic E-state index is -0.383. The van der Waals surface area contributed by atoms with Gasteiger partial charge in [-0.15, -0.1) is 0 Å². The van der Waals surface area contributed by atoms with Crippen LogP contribution in [-0.2, 0) is 16.0 Å². The first-order valence-electron chi connectivity index (χ1n) is 6.30. The number of phenolic OH excluding ortho intramolecular Hbond substituents is 1. The lowest BCUT2D eigenvalue weighted by molar-refractivity contribution is -0.145. The van der Waals surface area contributed by atoms with Gasteiger partial charge in [-0.05, 0) is 25.5 Å². The number of fused-ring (bicyclic) bond motifs is 1. The monoisotopic (exact) mass is 276 g/mol. The summed E-state index contributed by atoms with van der Waals surface area (Å²) in [6.07, 6.45) is -0.0778. The number of carbonyl (C=O) groups is 1. The summed E-state index contributed by atoms with van der Waals surface area (Å²) in [6.45, 7) is 4.79. The molecule has 0 fully saturated rings. The molecule has 0 aliphatic rings. The number of hydrogen-bond acceptors (Lipinski definition) is 5. The molecule has 2 aromatic rings. The van der Waals surface area contributed by atoms with Gasteiger partial charge in [-0.3, -0.25) is 9.59 Å². The van der Waals surface area contributed by atoms with Crippen molar-refractivity contribution in [2.24, 2.45) is 0 Å². The first-order chi connectivity index (χ1) is 9.36.